The molecule has 2 aromatic rings. The zero-order chi connectivity index (χ0) is 11.8. The summed E-state index contributed by atoms with van der Waals surface area (Å²) in [4.78, 5) is 0. The smallest absolute Gasteiger partial charge is 0.134 e. The molecule has 1 aliphatic rings. The van der Waals surface area contributed by atoms with Gasteiger partial charge in [0.2, 0.25) is 0 Å². The number of rotatable bonds is 1. The van der Waals surface area contributed by atoms with E-state index in [9.17, 15) is 0 Å². The Balaban J connectivity index is 2.07. The van der Waals surface area contributed by atoms with Crippen molar-refractivity contribution in [3.63, 3.8) is 0 Å². The average molecular weight is 228 g/mol. The predicted molar refractivity (Wildman–Crippen MR) is 69.5 cm³/mol. The van der Waals surface area contributed by atoms with E-state index >= 15 is 0 Å². The van der Waals surface area contributed by atoms with Crippen LogP contribution in [0, 0.1) is 13.8 Å². The molecule has 1 aromatic heterocycles. The van der Waals surface area contributed by atoms with E-state index in [4.69, 9.17) is 4.42 Å². The van der Waals surface area contributed by atoms with Gasteiger partial charge in [-0.2, -0.15) is 0 Å². The van der Waals surface area contributed by atoms with Crippen LogP contribution in [0.3, 0.4) is 0 Å². The molecular formula is C15H18NO. The van der Waals surface area contributed by atoms with Gasteiger partial charge in [-0.25, -0.2) is 5.32 Å². The molecule has 0 atom stereocenters. The number of hydrogen-bond acceptors (Lipinski definition) is 1. The van der Waals surface area contributed by atoms with Crippen molar-refractivity contribution in [2.24, 2.45) is 0 Å². The Labute approximate surface area is 102 Å². The number of piperidine rings is 1. The van der Waals surface area contributed by atoms with Crippen LogP contribution < -0.4 is 5.32 Å². The summed E-state index contributed by atoms with van der Waals surface area (Å²) < 4.78 is 5.71. The van der Waals surface area contributed by atoms with Crippen molar-refractivity contribution < 1.29 is 4.42 Å². The molecule has 1 aliphatic heterocycles. The molecule has 0 spiro atoms. The summed E-state index contributed by atoms with van der Waals surface area (Å²) in [6, 6.07) is 4.43. The van der Waals surface area contributed by atoms with E-state index in [0.29, 0.717) is 5.92 Å². The van der Waals surface area contributed by atoms with Gasteiger partial charge in [0.15, 0.2) is 0 Å². The first-order valence-electron chi connectivity index (χ1n) is 6.37. The van der Waals surface area contributed by atoms with E-state index in [1.54, 1.807) is 0 Å². The first kappa shape index (κ1) is 10.8. The number of benzene rings is 1. The Kier molecular flexibility index (Phi) is 2.67. The lowest BCUT2D eigenvalue weighted by molar-refractivity contribution is 0.451. The molecule has 0 amide bonds. The van der Waals surface area contributed by atoms with Crippen molar-refractivity contribution in [1.82, 2.24) is 5.32 Å². The lowest BCUT2D eigenvalue weighted by atomic mass is 9.89. The van der Waals surface area contributed by atoms with Crippen LogP contribution in [0.25, 0.3) is 11.0 Å². The lowest BCUT2D eigenvalue weighted by Crippen LogP contribution is -2.20. The third kappa shape index (κ3) is 1.87. The van der Waals surface area contributed by atoms with Crippen LogP contribution in [0.4, 0.5) is 0 Å². The highest BCUT2D eigenvalue weighted by Gasteiger charge is 2.20. The van der Waals surface area contributed by atoms with Gasteiger partial charge >= 0.3 is 0 Å². The molecule has 3 rings (SSSR count). The van der Waals surface area contributed by atoms with E-state index in [-0.39, 0.29) is 0 Å². The van der Waals surface area contributed by atoms with Crippen LogP contribution >= 0.6 is 0 Å². The molecule has 1 radical (unpaired) electrons. The van der Waals surface area contributed by atoms with Crippen molar-refractivity contribution in [1.29, 1.82) is 0 Å². The molecule has 1 saturated heterocycles. The molecule has 89 valence electrons. The molecule has 2 heterocycles. The van der Waals surface area contributed by atoms with Gasteiger partial charge in [0.25, 0.3) is 0 Å². The van der Waals surface area contributed by atoms with Crippen LogP contribution in [-0.4, -0.2) is 13.1 Å². The molecule has 0 unspecified atom stereocenters. The van der Waals surface area contributed by atoms with Crippen molar-refractivity contribution in [3.8, 4) is 0 Å². The van der Waals surface area contributed by atoms with Gasteiger partial charge in [-0.3, -0.25) is 0 Å². The number of furan rings is 1. The van der Waals surface area contributed by atoms with E-state index in [1.165, 1.54) is 34.9 Å². The van der Waals surface area contributed by atoms with Crippen molar-refractivity contribution >= 4 is 11.0 Å². The largest absolute Gasteiger partial charge is 0.464 e. The Bertz CT molecular complexity index is 535. The highest BCUT2D eigenvalue weighted by Crippen LogP contribution is 2.34. The molecule has 2 nitrogen and oxygen atoms in total. The molecule has 0 aliphatic carbocycles. The van der Waals surface area contributed by atoms with E-state index in [0.717, 1.165) is 18.7 Å². The quantitative estimate of drug-likeness (QED) is 0.733. The third-order valence-electron chi connectivity index (χ3n) is 3.93. The summed E-state index contributed by atoms with van der Waals surface area (Å²) in [6.07, 6.45) is 4.29. The number of nitrogens with zero attached hydrogens (tertiary/aromatic N) is 1. The molecule has 0 N–H and O–H groups in total. The predicted octanol–water partition coefficient (Wildman–Crippen LogP) is 3.53. The number of aryl methyl sites for hydroxylation is 2. The van der Waals surface area contributed by atoms with Crippen LogP contribution in [0.2, 0.25) is 0 Å². The third-order valence-corrected chi connectivity index (χ3v) is 3.93. The summed E-state index contributed by atoms with van der Waals surface area (Å²) in [5.74, 6) is 0.635. The molecule has 1 aromatic carbocycles. The maximum Gasteiger partial charge on any atom is 0.134 e. The molecular weight excluding hydrogens is 210 g/mol. The Morgan fingerprint density at radius 2 is 1.82 bits per heavy atom. The van der Waals surface area contributed by atoms with Gasteiger partial charge in [-0.1, -0.05) is 0 Å². The monoisotopic (exact) mass is 228 g/mol. The molecule has 0 saturated carbocycles. The summed E-state index contributed by atoms with van der Waals surface area (Å²) in [5, 5.41) is 5.72. The highest BCUT2D eigenvalue weighted by atomic mass is 16.3. The zero-order valence-electron chi connectivity index (χ0n) is 10.5. The van der Waals surface area contributed by atoms with E-state index in [1.807, 2.05) is 6.26 Å². The van der Waals surface area contributed by atoms with Crippen LogP contribution in [0.5, 0.6) is 0 Å². The van der Waals surface area contributed by atoms with E-state index < -0.39 is 0 Å². The average Bonchev–Trinajstić information content (AvgIpc) is 2.74. The van der Waals surface area contributed by atoms with Crippen molar-refractivity contribution in [3.05, 3.63) is 35.1 Å². The minimum absolute atomic E-state index is 0.635. The van der Waals surface area contributed by atoms with Gasteiger partial charge in [0, 0.05) is 24.0 Å². The van der Waals surface area contributed by atoms with Gasteiger partial charge in [-0.15, -0.1) is 0 Å². The fraction of sp³-hybridized carbons (Fsp3) is 0.467. The zero-order valence-corrected chi connectivity index (χ0v) is 10.5. The summed E-state index contributed by atoms with van der Waals surface area (Å²) in [7, 11) is 0. The second-order valence-corrected chi connectivity index (χ2v) is 5.07. The standard InChI is InChI=1S/C15H18NO/c1-10-7-13-14(12-3-5-16-6-4-12)9-17-15(13)8-11(10)2/h7-9,12H,3-6H2,1-2H3. The Morgan fingerprint density at radius 1 is 1.12 bits per heavy atom. The van der Waals surface area contributed by atoms with Gasteiger partial charge < -0.3 is 4.42 Å². The maximum atomic E-state index is 5.71. The topological polar surface area (TPSA) is 27.2 Å². The Hall–Kier alpha value is -1.28. The first-order chi connectivity index (χ1) is 8.25. The molecule has 17 heavy (non-hydrogen) atoms. The van der Waals surface area contributed by atoms with Gasteiger partial charge in [0.1, 0.15) is 5.58 Å². The lowest BCUT2D eigenvalue weighted by Gasteiger charge is -2.20. The number of hydrogen-bond donors (Lipinski definition) is 0. The fourth-order valence-corrected chi connectivity index (χ4v) is 2.68. The summed E-state index contributed by atoms with van der Waals surface area (Å²) in [6.45, 7) is 6.31. The second-order valence-electron chi connectivity index (χ2n) is 5.07. The Morgan fingerprint density at radius 3 is 2.59 bits per heavy atom. The molecule has 0 bridgehead atoms. The maximum absolute atomic E-state index is 5.71. The van der Waals surface area contributed by atoms with Crippen LogP contribution in [-0.2, 0) is 0 Å². The van der Waals surface area contributed by atoms with Gasteiger partial charge in [-0.05, 0) is 55.9 Å². The van der Waals surface area contributed by atoms with Gasteiger partial charge in [0.05, 0.1) is 6.26 Å². The fourth-order valence-electron chi connectivity index (χ4n) is 2.68. The first-order valence-corrected chi connectivity index (χ1v) is 6.37. The summed E-state index contributed by atoms with van der Waals surface area (Å²) in [5.41, 5.74) is 5.07. The summed E-state index contributed by atoms with van der Waals surface area (Å²) >= 11 is 0. The van der Waals surface area contributed by atoms with E-state index in [2.05, 4.69) is 31.3 Å². The highest BCUT2D eigenvalue weighted by molar-refractivity contribution is 5.83. The van der Waals surface area contributed by atoms with Crippen LogP contribution in [0.15, 0.2) is 22.8 Å². The second kappa shape index (κ2) is 4.19. The van der Waals surface area contributed by atoms with Crippen molar-refractivity contribution in [2.75, 3.05) is 13.1 Å². The molecule has 2 heteroatoms. The van der Waals surface area contributed by atoms with Crippen molar-refractivity contribution in [2.45, 2.75) is 32.6 Å². The molecule has 1 fully saturated rings. The minimum Gasteiger partial charge on any atom is -0.464 e. The normalized spacial score (nSPS) is 17.8. The van der Waals surface area contributed by atoms with Crippen LogP contribution in [0.1, 0.15) is 35.4 Å². The number of fused-ring (bicyclic) bond motifs is 1. The minimum atomic E-state index is 0.635. The SMILES string of the molecule is Cc1cc2occ(C3CC[N]CC3)c2cc1C.